The molecule has 0 aromatic heterocycles. The molecule has 5 fully saturated rings. The third-order valence-corrected chi connectivity index (χ3v) is 9.54. The molecule has 0 aromatic rings. The molecule has 2 heterocycles. The van der Waals surface area contributed by atoms with Crippen LogP contribution >= 0.6 is 0 Å². The first kappa shape index (κ1) is 22.6. The Kier molecular flexibility index (Phi) is 6.80. The van der Waals surface area contributed by atoms with E-state index < -0.39 is 0 Å². The van der Waals surface area contributed by atoms with E-state index in [-0.39, 0.29) is 23.9 Å². The lowest BCUT2D eigenvalue weighted by Gasteiger charge is -2.41. The minimum atomic E-state index is -0.0241. The Bertz CT molecular complexity index is 689. The summed E-state index contributed by atoms with van der Waals surface area (Å²) in [6.07, 6.45) is 10.4. The molecule has 2 saturated heterocycles. The molecule has 3 saturated carbocycles. The summed E-state index contributed by atoms with van der Waals surface area (Å²) in [5.41, 5.74) is 0. The van der Waals surface area contributed by atoms with Crippen LogP contribution in [0.25, 0.3) is 0 Å². The Morgan fingerprint density at radius 2 is 1.72 bits per heavy atom. The van der Waals surface area contributed by atoms with Crippen LogP contribution in [0.5, 0.6) is 0 Å². The molecule has 0 spiro atoms. The van der Waals surface area contributed by atoms with Gasteiger partial charge in [-0.05, 0) is 81.0 Å². The molecule has 3 aliphatic carbocycles. The third-order valence-electron chi connectivity index (χ3n) is 9.54. The molecule has 2 amide bonds. The summed E-state index contributed by atoms with van der Waals surface area (Å²) < 4.78 is 0. The van der Waals surface area contributed by atoms with Crippen molar-refractivity contribution < 1.29 is 9.59 Å². The first-order valence-corrected chi connectivity index (χ1v) is 13.6. The Labute approximate surface area is 194 Å². The van der Waals surface area contributed by atoms with Crippen LogP contribution in [0.2, 0.25) is 0 Å². The molecule has 5 aliphatic rings. The highest BCUT2D eigenvalue weighted by Crippen LogP contribution is 2.45. The second-order valence-electron chi connectivity index (χ2n) is 11.7. The molecular formula is C26H44N4O2. The van der Waals surface area contributed by atoms with E-state index in [4.69, 9.17) is 0 Å². The number of carbonyl (C=O) groups excluding carboxylic acids is 2. The van der Waals surface area contributed by atoms with Crippen molar-refractivity contribution in [2.24, 2.45) is 35.5 Å². The van der Waals surface area contributed by atoms with Crippen LogP contribution in [0.4, 0.5) is 0 Å². The molecule has 8 atom stereocenters. The smallest absolute Gasteiger partial charge is 0.237 e. The molecule has 8 unspecified atom stereocenters. The second kappa shape index (κ2) is 9.61. The zero-order chi connectivity index (χ0) is 22.2. The number of carbonyl (C=O) groups is 2. The van der Waals surface area contributed by atoms with Gasteiger partial charge in [-0.15, -0.1) is 0 Å². The largest absolute Gasteiger partial charge is 0.351 e. The van der Waals surface area contributed by atoms with Crippen LogP contribution in [0.3, 0.4) is 0 Å². The lowest BCUT2D eigenvalue weighted by atomic mass is 9.70. The van der Waals surface area contributed by atoms with Crippen molar-refractivity contribution in [2.45, 2.75) is 89.8 Å². The summed E-state index contributed by atoms with van der Waals surface area (Å²) in [6, 6.07) is 0.746. The Morgan fingerprint density at radius 1 is 0.938 bits per heavy atom. The molecule has 2 aliphatic heterocycles. The van der Waals surface area contributed by atoms with E-state index in [1.54, 1.807) is 0 Å². The van der Waals surface area contributed by atoms with Gasteiger partial charge in [0.25, 0.3) is 0 Å². The van der Waals surface area contributed by atoms with Gasteiger partial charge in [0.1, 0.15) is 0 Å². The predicted octanol–water partition coefficient (Wildman–Crippen LogP) is 2.53. The van der Waals surface area contributed by atoms with Crippen LogP contribution in [-0.4, -0.2) is 61.0 Å². The van der Waals surface area contributed by atoms with Crippen LogP contribution in [-0.2, 0) is 9.59 Å². The molecule has 32 heavy (non-hydrogen) atoms. The summed E-state index contributed by atoms with van der Waals surface area (Å²) in [6.45, 7) is 8.19. The number of piperazine rings is 1. The van der Waals surface area contributed by atoms with Gasteiger partial charge in [0.2, 0.25) is 11.8 Å². The van der Waals surface area contributed by atoms with Crippen molar-refractivity contribution in [1.29, 1.82) is 0 Å². The lowest BCUT2D eigenvalue weighted by Crippen LogP contribution is -2.53. The van der Waals surface area contributed by atoms with Gasteiger partial charge in [-0.1, -0.05) is 20.3 Å². The van der Waals surface area contributed by atoms with E-state index in [1.807, 2.05) is 0 Å². The number of hydrogen-bond donors (Lipinski definition) is 3. The van der Waals surface area contributed by atoms with E-state index >= 15 is 0 Å². The fourth-order valence-corrected chi connectivity index (χ4v) is 7.40. The molecule has 5 rings (SSSR count). The average Bonchev–Trinajstić information content (AvgIpc) is 3.55. The SMILES string of the molecule is CC1CCC(C(=O)N2CCNCC2)CC1C(NC(=O)C1CC2CCCC(C)C2N1)C1CC1. The standard InChI is InChI=1S/C26H44N4O2/c1-16-6-7-20(26(32)30-12-10-27-11-13-30)14-21(16)24(18-8-9-18)29-25(31)22-15-19-5-3-4-17(2)23(19)28-22/h16-24,27-28H,3-15H2,1-2H3,(H,29,31). The van der Waals surface area contributed by atoms with Crippen molar-refractivity contribution >= 4 is 11.8 Å². The maximum Gasteiger partial charge on any atom is 0.237 e. The topological polar surface area (TPSA) is 73.5 Å². The predicted molar refractivity (Wildman–Crippen MR) is 126 cm³/mol. The second-order valence-corrected chi connectivity index (χ2v) is 11.7. The normalized spacial score (nSPS) is 41.1. The fourth-order valence-electron chi connectivity index (χ4n) is 7.40. The molecular weight excluding hydrogens is 400 g/mol. The highest BCUT2D eigenvalue weighted by Gasteiger charge is 2.46. The minimum Gasteiger partial charge on any atom is -0.351 e. The number of nitrogens with one attached hydrogen (secondary N) is 3. The van der Waals surface area contributed by atoms with Crippen molar-refractivity contribution in [2.75, 3.05) is 26.2 Å². The average molecular weight is 445 g/mol. The first-order valence-electron chi connectivity index (χ1n) is 13.6. The number of fused-ring (bicyclic) bond motifs is 1. The zero-order valence-electron chi connectivity index (χ0n) is 20.2. The van der Waals surface area contributed by atoms with E-state index in [9.17, 15) is 9.59 Å². The maximum absolute atomic E-state index is 13.4. The van der Waals surface area contributed by atoms with Crippen molar-refractivity contribution in [3.63, 3.8) is 0 Å². The monoisotopic (exact) mass is 444 g/mol. The Morgan fingerprint density at radius 3 is 2.44 bits per heavy atom. The summed E-state index contributed by atoms with van der Waals surface area (Å²) in [7, 11) is 0. The maximum atomic E-state index is 13.4. The summed E-state index contributed by atoms with van der Waals surface area (Å²) in [5.74, 6) is 3.70. The van der Waals surface area contributed by atoms with Crippen molar-refractivity contribution in [1.82, 2.24) is 20.9 Å². The van der Waals surface area contributed by atoms with Gasteiger partial charge in [-0.25, -0.2) is 0 Å². The van der Waals surface area contributed by atoms with Gasteiger partial charge < -0.3 is 20.9 Å². The lowest BCUT2D eigenvalue weighted by molar-refractivity contribution is -0.138. The van der Waals surface area contributed by atoms with Crippen LogP contribution < -0.4 is 16.0 Å². The van der Waals surface area contributed by atoms with Crippen molar-refractivity contribution in [3.8, 4) is 0 Å². The molecule has 6 nitrogen and oxygen atoms in total. The van der Waals surface area contributed by atoms with Gasteiger partial charge in [-0.2, -0.15) is 0 Å². The molecule has 180 valence electrons. The van der Waals surface area contributed by atoms with Gasteiger partial charge in [-0.3, -0.25) is 9.59 Å². The van der Waals surface area contributed by atoms with Gasteiger partial charge in [0.05, 0.1) is 6.04 Å². The van der Waals surface area contributed by atoms with Gasteiger partial charge >= 0.3 is 0 Å². The molecule has 3 N–H and O–H groups in total. The Hall–Kier alpha value is -1.14. The number of nitrogens with zero attached hydrogens (tertiary/aromatic N) is 1. The van der Waals surface area contributed by atoms with Crippen LogP contribution in [0.15, 0.2) is 0 Å². The first-order chi connectivity index (χ1) is 15.5. The van der Waals surface area contributed by atoms with E-state index in [2.05, 4.69) is 34.7 Å². The fraction of sp³-hybridized carbons (Fsp3) is 0.923. The third kappa shape index (κ3) is 4.72. The number of rotatable bonds is 5. The van der Waals surface area contributed by atoms with Crippen LogP contribution in [0, 0.1) is 35.5 Å². The zero-order valence-corrected chi connectivity index (χ0v) is 20.2. The molecule has 0 radical (unpaired) electrons. The minimum absolute atomic E-state index is 0.0241. The summed E-state index contributed by atoms with van der Waals surface area (Å²) in [4.78, 5) is 28.7. The quantitative estimate of drug-likeness (QED) is 0.609. The van der Waals surface area contributed by atoms with Gasteiger partial charge in [0.15, 0.2) is 0 Å². The molecule has 0 aromatic carbocycles. The van der Waals surface area contributed by atoms with E-state index in [0.717, 1.165) is 51.9 Å². The van der Waals surface area contributed by atoms with Crippen molar-refractivity contribution in [3.05, 3.63) is 0 Å². The Balaban J connectivity index is 1.23. The highest BCUT2D eigenvalue weighted by molar-refractivity contribution is 5.82. The summed E-state index contributed by atoms with van der Waals surface area (Å²) in [5, 5.41) is 10.6. The van der Waals surface area contributed by atoms with Gasteiger partial charge in [0, 0.05) is 44.2 Å². The molecule has 0 bridgehead atoms. The van der Waals surface area contributed by atoms with Crippen LogP contribution in [0.1, 0.15) is 71.6 Å². The van der Waals surface area contributed by atoms with E-state index in [0.29, 0.717) is 41.5 Å². The summed E-state index contributed by atoms with van der Waals surface area (Å²) >= 11 is 0. The van der Waals surface area contributed by atoms with E-state index in [1.165, 1.54) is 32.1 Å². The highest BCUT2D eigenvalue weighted by atomic mass is 16.2. The number of amides is 2. The number of hydrogen-bond acceptors (Lipinski definition) is 4. The molecule has 6 heteroatoms.